The maximum absolute atomic E-state index is 12.5. The molecule has 0 spiro atoms. The minimum absolute atomic E-state index is 0.0165. The van der Waals surface area contributed by atoms with Gasteiger partial charge < -0.3 is 10.2 Å². The zero-order valence-corrected chi connectivity index (χ0v) is 16.9. The van der Waals surface area contributed by atoms with Crippen molar-refractivity contribution in [2.75, 3.05) is 18.4 Å². The predicted octanol–water partition coefficient (Wildman–Crippen LogP) is 3.36. The second kappa shape index (κ2) is 9.75. The molecule has 0 bridgehead atoms. The van der Waals surface area contributed by atoms with Crippen LogP contribution in [0.3, 0.4) is 0 Å². The molecule has 2 aromatic rings. The number of carbonyl (C=O) groups excluding carboxylic acids is 2. The Bertz CT molecular complexity index is 998. The van der Waals surface area contributed by atoms with E-state index < -0.39 is 10.8 Å². The van der Waals surface area contributed by atoms with Crippen LogP contribution in [0.2, 0.25) is 0 Å². The maximum Gasteiger partial charge on any atom is 0.269 e. The number of likely N-dealkylation sites (tertiary alicyclic amines) is 1. The minimum atomic E-state index is -0.488. The zero-order chi connectivity index (χ0) is 21.5. The number of carbonyl (C=O) groups is 2. The van der Waals surface area contributed by atoms with Gasteiger partial charge in [0.05, 0.1) is 4.92 Å². The first-order valence-corrected chi connectivity index (χ1v) is 9.77. The Morgan fingerprint density at radius 2 is 1.80 bits per heavy atom. The molecule has 2 amide bonds. The molecule has 1 saturated heterocycles. The summed E-state index contributed by atoms with van der Waals surface area (Å²) in [5.74, 6) is -0.465. The number of hydrogen-bond acceptors (Lipinski definition) is 5. The molecule has 2 aromatic carbocycles. The van der Waals surface area contributed by atoms with Crippen molar-refractivity contribution in [3.63, 3.8) is 0 Å². The Hall–Kier alpha value is -3.59. The van der Waals surface area contributed by atoms with Crippen molar-refractivity contribution >= 4 is 46.6 Å². The van der Waals surface area contributed by atoms with Crippen molar-refractivity contribution in [2.24, 2.45) is 0 Å². The van der Waals surface area contributed by atoms with Crippen LogP contribution in [0, 0.1) is 10.1 Å². The van der Waals surface area contributed by atoms with Gasteiger partial charge in [0, 0.05) is 42.5 Å². The molecule has 0 radical (unpaired) electrons. The van der Waals surface area contributed by atoms with Gasteiger partial charge >= 0.3 is 0 Å². The van der Waals surface area contributed by atoms with Gasteiger partial charge in [0.15, 0.2) is 5.11 Å². The number of benzene rings is 2. The Kier molecular flexibility index (Phi) is 6.87. The molecule has 0 aliphatic carbocycles. The van der Waals surface area contributed by atoms with Crippen LogP contribution in [0.15, 0.2) is 54.6 Å². The van der Waals surface area contributed by atoms with E-state index in [0.717, 1.165) is 25.9 Å². The number of nitrogens with one attached hydrogen (secondary N) is 2. The predicted molar refractivity (Wildman–Crippen MR) is 118 cm³/mol. The molecule has 9 heteroatoms. The highest BCUT2D eigenvalue weighted by molar-refractivity contribution is 7.80. The van der Waals surface area contributed by atoms with E-state index in [-0.39, 0.29) is 16.7 Å². The van der Waals surface area contributed by atoms with Crippen LogP contribution in [-0.2, 0) is 4.79 Å². The van der Waals surface area contributed by atoms with Gasteiger partial charge in [-0.1, -0.05) is 6.07 Å². The molecule has 0 atom stereocenters. The highest BCUT2D eigenvalue weighted by Crippen LogP contribution is 2.16. The van der Waals surface area contributed by atoms with Gasteiger partial charge in [-0.2, -0.15) is 0 Å². The van der Waals surface area contributed by atoms with Crippen LogP contribution >= 0.6 is 12.2 Å². The third-order valence-corrected chi connectivity index (χ3v) is 4.73. The average molecular weight is 424 g/mol. The lowest BCUT2D eigenvalue weighted by molar-refractivity contribution is -0.384. The van der Waals surface area contributed by atoms with Crippen LogP contribution < -0.4 is 10.6 Å². The summed E-state index contributed by atoms with van der Waals surface area (Å²) in [5, 5.41) is 16.2. The number of amides is 2. The van der Waals surface area contributed by atoms with E-state index in [9.17, 15) is 19.7 Å². The minimum Gasteiger partial charge on any atom is -0.339 e. The number of nitro groups is 1. The molecule has 1 fully saturated rings. The van der Waals surface area contributed by atoms with Crippen molar-refractivity contribution in [2.45, 2.75) is 12.8 Å². The number of anilines is 1. The maximum atomic E-state index is 12.5. The standard InChI is InChI=1S/C21H20N4O4S/c26-19(11-8-15-6-9-18(10-7-15)25(28)29)23-21(30)22-17-5-3-4-16(14-17)20(27)24-12-1-2-13-24/h3-11,14H,1-2,12-13H2,(H2,22,23,26,30)/b11-8+. The van der Waals surface area contributed by atoms with E-state index in [2.05, 4.69) is 10.6 Å². The Morgan fingerprint density at radius 1 is 1.10 bits per heavy atom. The molecule has 3 rings (SSSR count). The van der Waals surface area contributed by atoms with E-state index in [4.69, 9.17) is 12.2 Å². The highest BCUT2D eigenvalue weighted by Gasteiger charge is 2.19. The third-order valence-electron chi connectivity index (χ3n) is 4.53. The fourth-order valence-electron chi connectivity index (χ4n) is 3.03. The van der Waals surface area contributed by atoms with Crippen molar-refractivity contribution in [3.8, 4) is 0 Å². The first-order valence-electron chi connectivity index (χ1n) is 9.36. The van der Waals surface area contributed by atoms with E-state index in [0.29, 0.717) is 16.8 Å². The van der Waals surface area contributed by atoms with Crippen LogP contribution in [-0.4, -0.2) is 39.8 Å². The van der Waals surface area contributed by atoms with E-state index in [1.54, 1.807) is 36.4 Å². The van der Waals surface area contributed by atoms with Gasteiger partial charge in [0.2, 0.25) is 5.91 Å². The van der Waals surface area contributed by atoms with Crippen molar-refractivity contribution in [1.82, 2.24) is 10.2 Å². The molecule has 154 valence electrons. The summed E-state index contributed by atoms with van der Waals surface area (Å²) in [4.78, 5) is 36.5. The fourth-order valence-corrected chi connectivity index (χ4v) is 3.25. The summed E-state index contributed by atoms with van der Waals surface area (Å²) in [5.41, 5.74) is 1.79. The molecular formula is C21H20N4O4S. The number of nitro benzene ring substituents is 1. The number of hydrogen-bond donors (Lipinski definition) is 2. The molecule has 8 nitrogen and oxygen atoms in total. The van der Waals surface area contributed by atoms with Gasteiger partial charge in [-0.3, -0.25) is 25.0 Å². The fraction of sp³-hybridized carbons (Fsp3) is 0.190. The number of rotatable bonds is 5. The lowest BCUT2D eigenvalue weighted by atomic mass is 10.2. The Morgan fingerprint density at radius 3 is 2.47 bits per heavy atom. The van der Waals surface area contributed by atoms with E-state index in [1.165, 1.54) is 24.3 Å². The second-order valence-corrected chi connectivity index (χ2v) is 7.11. The molecule has 30 heavy (non-hydrogen) atoms. The van der Waals surface area contributed by atoms with E-state index in [1.807, 2.05) is 4.90 Å². The van der Waals surface area contributed by atoms with Crippen LogP contribution in [0.5, 0.6) is 0 Å². The average Bonchev–Trinajstić information content (AvgIpc) is 3.27. The summed E-state index contributed by atoms with van der Waals surface area (Å²) < 4.78 is 0. The summed E-state index contributed by atoms with van der Waals surface area (Å²) >= 11 is 5.16. The molecule has 1 heterocycles. The van der Waals surface area contributed by atoms with Crippen molar-refractivity contribution in [3.05, 3.63) is 75.8 Å². The highest BCUT2D eigenvalue weighted by atomic mass is 32.1. The first-order chi connectivity index (χ1) is 14.4. The van der Waals surface area contributed by atoms with Crippen molar-refractivity contribution < 1.29 is 14.5 Å². The van der Waals surface area contributed by atoms with Gasteiger partial charge in [0.25, 0.3) is 11.6 Å². The molecule has 0 saturated carbocycles. The summed E-state index contributed by atoms with van der Waals surface area (Å²) in [7, 11) is 0. The Labute approximate surface area is 178 Å². The van der Waals surface area contributed by atoms with Gasteiger partial charge in [0.1, 0.15) is 0 Å². The summed E-state index contributed by atoms with van der Waals surface area (Å²) in [6, 6.07) is 12.8. The monoisotopic (exact) mass is 424 g/mol. The first kappa shape index (κ1) is 21.1. The topological polar surface area (TPSA) is 105 Å². The second-order valence-electron chi connectivity index (χ2n) is 6.71. The molecule has 2 N–H and O–H groups in total. The van der Waals surface area contributed by atoms with Crippen molar-refractivity contribution in [1.29, 1.82) is 0 Å². The Balaban J connectivity index is 1.54. The molecule has 1 aliphatic heterocycles. The molecule has 0 aromatic heterocycles. The van der Waals surface area contributed by atoms with Crippen LogP contribution in [0.25, 0.3) is 6.08 Å². The third kappa shape index (κ3) is 5.71. The van der Waals surface area contributed by atoms with E-state index >= 15 is 0 Å². The molecular weight excluding hydrogens is 404 g/mol. The van der Waals surface area contributed by atoms with Gasteiger partial charge in [-0.25, -0.2) is 0 Å². The lowest BCUT2D eigenvalue weighted by Crippen LogP contribution is -2.33. The SMILES string of the molecule is O=C(/C=C/c1ccc([N+](=O)[O-])cc1)NC(=S)Nc1cccc(C(=O)N2CCCC2)c1. The summed E-state index contributed by atoms with van der Waals surface area (Å²) in [6.45, 7) is 1.54. The number of non-ortho nitro benzene ring substituents is 1. The number of nitrogens with zero attached hydrogens (tertiary/aromatic N) is 2. The normalized spacial score (nSPS) is 13.3. The number of thiocarbonyl (C=S) groups is 1. The van der Waals surface area contributed by atoms with Crippen LogP contribution in [0.1, 0.15) is 28.8 Å². The smallest absolute Gasteiger partial charge is 0.269 e. The quantitative estimate of drug-likeness (QED) is 0.330. The lowest BCUT2D eigenvalue weighted by Gasteiger charge is -2.16. The largest absolute Gasteiger partial charge is 0.339 e. The zero-order valence-electron chi connectivity index (χ0n) is 16.0. The van der Waals surface area contributed by atoms with Crippen LogP contribution in [0.4, 0.5) is 11.4 Å². The van der Waals surface area contributed by atoms with Gasteiger partial charge in [-0.15, -0.1) is 0 Å². The molecule has 0 unspecified atom stereocenters. The van der Waals surface area contributed by atoms with Gasteiger partial charge in [-0.05, 0) is 67.0 Å². The summed E-state index contributed by atoms with van der Waals surface area (Å²) in [6.07, 6.45) is 4.85. The molecule has 1 aliphatic rings.